The van der Waals surface area contributed by atoms with Gasteiger partial charge in [0.2, 0.25) is 11.8 Å². The molecular weight excluding hydrogens is 434 g/mol. The van der Waals surface area contributed by atoms with Crippen molar-refractivity contribution in [2.24, 2.45) is 5.92 Å². The van der Waals surface area contributed by atoms with Gasteiger partial charge in [0.25, 0.3) is 0 Å². The number of likely N-dealkylation sites (tertiary alicyclic amines) is 1. The van der Waals surface area contributed by atoms with Gasteiger partial charge in [-0.15, -0.1) is 12.4 Å². The quantitative estimate of drug-likeness (QED) is 0.366. The number of carbonyl (C=O) groups is 3. The van der Waals surface area contributed by atoms with Gasteiger partial charge in [-0.2, -0.15) is 0 Å². The fourth-order valence-corrected chi connectivity index (χ4v) is 4.77. The van der Waals surface area contributed by atoms with Gasteiger partial charge in [0.05, 0.1) is 18.9 Å². The van der Waals surface area contributed by atoms with Gasteiger partial charge < -0.3 is 20.3 Å². The van der Waals surface area contributed by atoms with Gasteiger partial charge in [-0.1, -0.05) is 32.1 Å². The zero-order valence-electron chi connectivity index (χ0n) is 18.6. The molecule has 1 aliphatic carbocycles. The predicted octanol–water partition coefficient (Wildman–Crippen LogP) is 1.88. The minimum atomic E-state index is -0.977. The first-order chi connectivity index (χ1) is 15.0. The molecule has 4 N–H and O–H groups in total. The van der Waals surface area contributed by atoms with Crippen molar-refractivity contribution in [3.8, 4) is 0 Å². The summed E-state index contributed by atoms with van der Waals surface area (Å²) in [5, 5.41) is 15.0. The standard InChI is InChI=1S/C22H35N5O4.ClH/c28-20(29)14-25-18(12-16-6-2-1-3-7-16)22(31)27-11-5-9-19(27)21(30)24-10-4-8-17-13-23-15-26-17;/h13,15-16,18-19,25H,1-12,14H2,(H,23,26)(H,24,30)(H,28,29);1H/t18-,19+;/m1./s1. The number of rotatable bonds is 11. The molecule has 180 valence electrons. The van der Waals surface area contributed by atoms with E-state index in [2.05, 4.69) is 20.6 Å². The SMILES string of the molecule is Cl.O=C(O)CN[C@H](CC1CCCCC1)C(=O)N1CCC[C@H]1C(=O)NCCCc1cnc[nH]1. The third-order valence-electron chi connectivity index (χ3n) is 6.41. The minimum Gasteiger partial charge on any atom is -0.480 e. The lowest BCUT2D eigenvalue weighted by atomic mass is 9.84. The Hall–Kier alpha value is -2.13. The number of carboxylic acids is 1. The van der Waals surface area contributed by atoms with E-state index in [1.165, 1.54) is 6.42 Å². The lowest BCUT2D eigenvalue weighted by Gasteiger charge is -2.31. The molecular formula is C22H36ClN5O4. The summed E-state index contributed by atoms with van der Waals surface area (Å²) in [5.41, 5.74) is 1.03. The molecule has 1 aliphatic heterocycles. The number of nitrogens with one attached hydrogen (secondary N) is 3. The van der Waals surface area contributed by atoms with E-state index in [4.69, 9.17) is 5.11 Å². The Morgan fingerprint density at radius 3 is 2.66 bits per heavy atom. The van der Waals surface area contributed by atoms with Crippen molar-refractivity contribution in [2.45, 2.75) is 76.3 Å². The number of aromatic nitrogens is 2. The Kier molecular flexibility index (Phi) is 11.0. The molecule has 2 atom stereocenters. The van der Waals surface area contributed by atoms with Crippen LogP contribution >= 0.6 is 12.4 Å². The molecule has 2 heterocycles. The maximum atomic E-state index is 13.3. The van der Waals surface area contributed by atoms with Crippen LogP contribution in [0.5, 0.6) is 0 Å². The number of carboxylic acid groups (broad SMARTS) is 1. The Morgan fingerprint density at radius 1 is 1.19 bits per heavy atom. The van der Waals surface area contributed by atoms with Crippen molar-refractivity contribution in [1.82, 2.24) is 25.5 Å². The van der Waals surface area contributed by atoms with Gasteiger partial charge in [-0.3, -0.25) is 19.7 Å². The summed E-state index contributed by atoms with van der Waals surface area (Å²) < 4.78 is 0. The summed E-state index contributed by atoms with van der Waals surface area (Å²) in [4.78, 5) is 45.8. The van der Waals surface area contributed by atoms with E-state index >= 15 is 0 Å². The molecule has 2 aliphatic rings. The Balaban J connectivity index is 0.00000363. The number of nitrogens with zero attached hydrogens (tertiary/aromatic N) is 2. The molecule has 9 nitrogen and oxygen atoms in total. The van der Waals surface area contributed by atoms with Crippen LogP contribution in [-0.4, -0.2) is 69.5 Å². The number of hydrogen-bond donors (Lipinski definition) is 4. The van der Waals surface area contributed by atoms with Gasteiger partial charge in [-0.25, -0.2) is 4.98 Å². The highest BCUT2D eigenvalue weighted by Gasteiger charge is 2.37. The summed E-state index contributed by atoms with van der Waals surface area (Å²) in [5.74, 6) is -0.803. The first kappa shape index (κ1) is 26.1. The molecule has 1 saturated heterocycles. The molecule has 0 bridgehead atoms. The van der Waals surface area contributed by atoms with Gasteiger partial charge in [0, 0.05) is 25.0 Å². The molecule has 1 saturated carbocycles. The zero-order valence-corrected chi connectivity index (χ0v) is 19.4. The maximum absolute atomic E-state index is 13.3. The molecule has 0 spiro atoms. The third kappa shape index (κ3) is 7.78. The summed E-state index contributed by atoms with van der Waals surface area (Å²) in [7, 11) is 0. The molecule has 2 amide bonds. The molecule has 32 heavy (non-hydrogen) atoms. The smallest absolute Gasteiger partial charge is 0.317 e. The van der Waals surface area contributed by atoms with E-state index in [1.807, 2.05) is 0 Å². The average molecular weight is 470 g/mol. The van der Waals surface area contributed by atoms with Crippen LogP contribution < -0.4 is 10.6 Å². The van der Waals surface area contributed by atoms with Gasteiger partial charge in [-0.05, 0) is 38.0 Å². The van der Waals surface area contributed by atoms with Crippen LogP contribution in [-0.2, 0) is 20.8 Å². The van der Waals surface area contributed by atoms with Gasteiger partial charge in [0.15, 0.2) is 0 Å². The van der Waals surface area contributed by atoms with Crippen molar-refractivity contribution in [3.63, 3.8) is 0 Å². The van der Waals surface area contributed by atoms with E-state index in [0.717, 1.165) is 50.6 Å². The highest BCUT2D eigenvalue weighted by atomic mass is 35.5. The number of amides is 2. The van der Waals surface area contributed by atoms with E-state index in [1.54, 1.807) is 17.4 Å². The molecule has 10 heteroatoms. The van der Waals surface area contributed by atoms with Crippen LogP contribution in [0.15, 0.2) is 12.5 Å². The zero-order chi connectivity index (χ0) is 22.1. The number of aryl methyl sites for hydroxylation is 1. The van der Waals surface area contributed by atoms with Crippen molar-refractivity contribution >= 4 is 30.2 Å². The monoisotopic (exact) mass is 469 g/mol. The van der Waals surface area contributed by atoms with Crippen LogP contribution in [0.25, 0.3) is 0 Å². The number of carbonyl (C=O) groups excluding carboxylic acids is 2. The molecule has 0 radical (unpaired) electrons. The van der Waals surface area contributed by atoms with Crippen molar-refractivity contribution in [1.29, 1.82) is 0 Å². The van der Waals surface area contributed by atoms with E-state index in [0.29, 0.717) is 31.8 Å². The Labute approximate surface area is 195 Å². The van der Waals surface area contributed by atoms with E-state index in [9.17, 15) is 14.4 Å². The number of imidazole rings is 1. The first-order valence-corrected chi connectivity index (χ1v) is 11.5. The van der Waals surface area contributed by atoms with Crippen LogP contribution in [0, 0.1) is 5.92 Å². The van der Waals surface area contributed by atoms with E-state index < -0.39 is 18.1 Å². The highest BCUT2D eigenvalue weighted by molar-refractivity contribution is 5.90. The third-order valence-corrected chi connectivity index (χ3v) is 6.41. The Morgan fingerprint density at radius 2 is 1.97 bits per heavy atom. The highest BCUT2D eigenvalue weighted by Crippen LogP contribution is 2.28. The second kappa shape index (κ2) is 13.4. The lowest BCUT2D eigenvalue weighted by Crippen LogP contribution is -2.53. The molecule has 3 rings (SSSR count). The topological polar surface area (TPSA) is 127 Å². The summed E-state index contributed by atoms with van der Waals surface area (Å²) in [6.45, 7) is 0.835. The minimum absolute atomic E-state index is 0. The molecule has 0 aromatic carbocycles. The van der Waals surface area contributed by atoms with Crippen molar-refractivity contribution < 1.29 is 19.5 Å². The van der Waals surface area contributed by atoms with Gasteiger partial charge >= 0.3 is 5.97 Å². The summed E-state index contributed by atoms with van der Waals surface area (Å²) >= 11 is 0. The second-order valence-corrected chi connectivity index (χ2v) is 8.73. The van der Waals surface area contributed by atoms with Crippen LogP contribution in [0.1, 0.15) is 63.5 Å². The van der Waals surface area contributed by atoms with Crippen LogP contribution in [0.2, 0.25) is 0 Å². The number of aliphatic carboxylic acids is 1. The maximum Gasteiger partial charge on any atom is 0.317 e. The average Bonchev–Trinajstić information content (AvgIpc) is 3.46. The number of hydrogen-bond acceptors (Lipinski definition) is 5. The van der Waals surface area contributed by atoms with Crippen molar-refractivity contribution in [3.05, 3.63) is 18.2 Å². The number of H-pyrrole nitrogens is 1. The van der Waals surface area contributed by atoms with Crippen molar-refractivity contribution in [2.75, 3.05) is 19.6 Å². The summed E-state index contributed by atoms with van der Waals surface area (Å²) in [6, 6.07) is -1.02. The molecule has 1 aromatic rings. The normalized spacial score (nSPS) is 19.9. The number of halogens is 1. The number of aromatic amines is 1. The van der Waals surface area contributed by atoms with Crippen LogP contribution in [0.3, 0.4) is 0 Å². The summed E-state index contributed by atoms with van der Waals surface area (Å²) in [6.07, 6.45) is 12.8. The first-order valence-electron chi connectivity index (χ1n) is 11.5. The second-order valence-electron chi connectivity index (χ2n) is 8.73. The van der Waals surface area contributed by atoms with Gasteiger partial charge in [0.1, 0.15) is 6.04 Å². The molecule has 1 aromatic heterocycles. The lowest BCUT2D eigenvalue weighted by molar-refractivity contribution is -0.141. The molecule has 0 unspecified atom stereocenters. The van der Waals surface area contributed by atoms with Crippen LogP contribution in [0.4, 0.5) is 0 Å². The molecule has 2 fully saturated rings. The largest absolute Gasteiger partial charge is 0.480 e. The Bertz CT molecular complexity index is 724. The fraction of sp³-hybridized carbons (Fsp3) is 0.727. The fourth-order valence-electron chi connectivity index (χ4n) is 4.77. The predicted molar refractivity (Wildman–Crippen MR) is 123 cm³/mol. The van der Waals surface area contributed by atoms with E-state index in [-0.39, 0.29) is 30.8 Å².